The minimum Gasteiger partial charge on any atom is -0.505 e. The van der Waals surface area contributed by atoms with Crippen molar-refractivity contribution in [3.8, 4) is 22.9 Å². The van der Waals surface area contributed by atoms with Gasteiger partial charge in [-0.2, -0.15) is 8.42 Å². The smallest absolute Gasteiger partial charge is 0.294 e. The zero-order chi connectivity index (χ0) is 17.1. The quantitative estimate of drug-likeness (QED) is 0.357. The van der Waals surface area contributed by atoms with E-state index in [1.54, 1.807) is 24.3 Å². The zero-order valence-electron chi connectivity index (χ0n) is 12.1. The molecule has 0 saturated heterocycles. The van der Waals surface area contributed by atoms with E-state index in [1.807, 2.05) is 0 Å². The Labute approximate surface area is 135 Å². The van der Waals surface area contributed by atoms with E-state index in [0.717, 1.165) is 0 Å². The Kier molecular flexibility index (Phi) is 2.90. The summed E-state index contributed by atoms with van der Waals surface area (Å²) in [6, 6.07) is 11.0. The van der Waals surface area contributed by atoms with Gasteiger partial charge in [-0.05, 0) is 30.3 Å². The molecule has 8 heteroatoms. The van der Waals surface area contributed by atoms with Crippen LogP contribution in [0.3, 0.4) is 0 Å². The molecule has 0 aliphatic carbocycles. The van der Waals surface area contributed by atoms with E-state index < -0.39 is 10.1 Å². The molecular formula is C16H12N2O5S. The second kappa shape index (κ2) is 4.76. The highest BCUT2D eigenvalue weighted by atomic mass is 32.2. The second-order valence-corrected chi connectivity index (χ2v) is 6.85. The van der Waals surface area contributed by atoms with Gasteiger partial charge in [0.15, 0.2) is 5.88 Å². The number of hydrogen-bond donors (Lipinski definition) is 5. The van der Waals surface area contributed by atoms with E-state index >= 15 is 0 Å². The number of H-pyrrole nitrogens is 2. The van der Waals surface area contributed by atoms with Crippen molar-refractivity contribution in [2.75, 3.05) is 0 Å². The number of hydrogen-bond acceptors (Lipinski definition) is 4. The van der Waals surface area contributed by atoms with Crippen molar-refractivity contribution in [2.24, 2.45) is 0 Å². The van der Waals surface area contributed by atoms with E-state index in [1.165, 1.54) is 18.2 Å². The van der Waals surface area contributed by atoms with Crippen molar-refractivity contribution in [1.29, 1.82) is 0 Å². The molecule has 122 valence electrons. The van der Waals surface area contributed by atoms with Crippen molar-refractivity contribution in [3.63, 3.8) is 0 Å². The van der Waals surface area contributed by atoms with Gasteiger partial charge in [0.2, 0.25) is 0 Å². The van der Waals surface area contributed by atoms with Gasteiger partial charge in [-0.25, -0.2) is 0 Å². The molecule has 0 unspecified atom stereocenters. The van der Waals surface area contributed by atoms with Crippen LogP contribution < -0.4 is 0 Å². The lowest BCUT2D eigenvalue weighted by atomic mass is 10.1. The maximum absolute atomic E-state index is 11.4. The summed E-state index contributed by atoms with van der Waals surface area (Å²) in [7, 11) is -4.39. The fourth-order valence-corrected chi connectivity index (χ4v) is 3.39. The predicted octanol–water partition coefficient (Wildman–Crippen LogP) is 2.97. The lowest BCUT2D eigenvalue weighted by Crippen LogP contribution is -1.97. The number of benzene rings is 2. The average molecular weight is 344 g/mol. The number of fused-ring (bicyclic) bond motifs is 2. The largest absolute Gasteiger partial charge is 0.505 e. The van der Waals surface area contributed by atoms with Gasteiger partial charge in [-0.3, -0.25) is 4.55 Å². The number of nitrogens with one attached hydrogen (secondary N) is 2. The molecule has 0 saturated carbocycles. The number of rotatable bonds is 2. The average Bonchev–Trinajstić information content (AvgIpc) is 3.02. The summed E-state index contributed by atoms with van der Waals surface area (Å²) in [5.41, 5.74) is 1.62. The highest BCUT2D eigenvalue weighted by Gasteiger charge is 2.21. The summed E-state index contributed by atoms with van der Waals surface area (Å²) < 4.78 is 32.0. The van der Waals surface area contributed by atoms with Crippen LogP contribution in [0, 0.1) is 0 Å². The van der Waals surface area contributed by atoms with Crippen LogP contribution in [0.4, 0.5) is 0 Å². The standard InChI is InChI=1S/C16H12N2O5S/c19-15-9-3-1-2-4-11(9)17-14(15)13-10-7-8(24(21,22)23)5-6-12(10)18-16(13)20/h1-7,17-20H,(H,21,22,23). The SMILES string of the molecule is O=S(=O)(O)c1ccc2[nH]c(O)c(-c3[nH]c4ccccc4c3O)c2c1. The maximum atomic E-state index is 11.4. The molecule has 5 N–H and O–H groups in total. The molecule has 0 fully saturated rings. The predicted molar refractivity (Wildman–Crippen MR) is 88.7 cm³/mol. The normalized spacial score (nSPS) is 12.2. The first-order valence-corrected chi connectivity index (χ1v) is 8.42. The lowest BCUT2D eigenvalue weighted by molar-refractivity contribution is 0.457. The number of aromatic amines is 2. The van der Waals surface area contributed by atoms with Gasteiger partial charge in [0.1, 0.15) is 5.75 Å². The Bertz CT molecular complexity index is 1200. The van der Waals surface area contributed by atoms with Crippen molar-refractivity contribution in [1.82, 2.24) is 9.97 Å². The lowest BCUT2D eigenvalue weighted by Gasteiger charge is -2.01. The van der Waals surface area contributed by atoms with Gasteiger partial charge in [-0.15, -0.1) is 0 Å². The third-order valence-corrected chi connectivity index (χ3v) is 4.83. The summed E-state index contributed by atoms with van der Waals surface area (Å²) >= 11 is 0. The van der Waals surface area contributed by atoms with Crippen molar-refractivity contribution in [2.45, 2.75) is 4.90 Å². The van der Waals surface area contributed by atoms with Crippen LogP contribution in [0.15, 0.2) is 47.4 Å². The molecule has 0 atom stereocenters. The van der Waals surface area contributed by atoms with E-state index in [2.05, 4.69) is 9.97 Å². The minimum atomic E-state index is -4.39. The van der Waals surface area contributed by atoms with Gasteiger partial charge in [0.05, 0.1) is 16.2 Å². The molecule has 0 aliphatic rings. The summed E-state index contributed by atoms with van der Waals surface area (Å²) in [4.78, 5) is 5.44. The molecule has 2 heterocycles. The molecule has 2 aromatic carbocycles. The minimum absolute atomic E-state index is 0.0564. The van der Waals surface area contributed by atoms with Crippen LogP contribution in [0.5, 0.6) is 11.6 Å². The fourth-order valence-electron chi connectivity index (χ4n) is 2.88. The molecule has 24 heavy (non-hydrogen) atoms. The molecule has 2 aromatic heterocycles. The molecule has 0 amide bonds. The van der Waals surface area contributed by atoms with E-state index in [-0.39, 0.29) is 27.8 Å². The van der Waals surface area contributed by atoms with Crippen LogP contribution in [0.2, 0.25) is 0 Å². The monoisotopic (exact) mass is 344 g/mol. The Hall–Kier alpha value is -2.97. The van der Waals surface area contributed by atoms with Crippen LogP contribution in [-0.2, 0) is 10.1 Å². The molecule has 0 bridgehead atoms. The highest BCUT2D eigenvalue weighted by molar-refractivity contribution is 7.85. The van der Waals surface area contributed by atoms with Crippen molar-refractivity contribution in [3.05, 3.63) is 42.5 Å². The Balaban J connectivity index is 2.08. The van der Waals surface area contributed by atoms with Gasteiger partial charge >= 0.3 is 0 Å². The molecular weight excluding hydrogens is 332 g/mol. The molecule has 0 radical (unpaired) electrons. The number of aromatic hydroxyl groups is 2. The molecule has 7 nitrogen and oxygen atoms in total. The first-order valence-electron chi connectivity index (χ1n) is 6.98. The van der Waals surface area contributed by atoms with Gasteiger partial charge in [0, 0.05) is 21.8 Å². The third-order valence-electron chi connectivity index (χ3n) is 3.98. The Morgan fingerprint density at radius 1 is 0.875 bits per heavy atom. The Morgan fingerprint density at radius 2 is 1.58 bits per heavy atom. The van der Waals surface area contributed by atoms with Crippen LogP contribution in [0.1, 0.15) is 0 Å². The summed E-state index contributed by atoms with van der Waals surface area (Å²) in [6.07, 6.45) is 0. The first kappa shape index (κ1) is 14.6. The maximum Gasteiger partial charge on any atom is 0.294 e. The van der Waals surface area contributed by atoms with Crippen LogP contribution in [0.25, 0.3) is 33.1 Å². The molecule has 4 rings (SSSR count). The topological polar surface area (TPSA) is 126 Å². The number of aromatic nitrogens is 2. The second-order valence-electron chi connectivity index (χ2n) is 5.43. The Morgan fingerprint density at radius 3 is 2.29 bits per heavy atom. The van der Waals surface area contributed by atoms with E-state index in [0.29, 0.717) is 21.8 Å². The summed E-state index contributed by atoms with van der Waals surface area (Å²) in [6.45, 7) is 0. The molecule has 0 aliphatic heterocycles. The van der Waals surface area contributed by atoms with Crippen LogP contribution >= 0.6 is 0 Å². The van der Waals surface area contributed by atoms with Gasteiger partial charge < -0.3 is 20.2 Å². The molecule has 4 aromatic rings. The summed E-state index contributed by atoms with van der Waals surface area (Å²) in [5, 5.41) is 21.6. The van der Waals surface area contributed by atoms with E-state index in [4.69, 9.17) is 0 Å². The van der Waals surface area contributed by atoms with Gasteiger partial charge in [-0.1, -0.05) is 12.1 Å². The zero-order valence-corrected chi connectivity index (χ0v) is 12.9. The molecule has 0 spiro atoms. The van der Waals surface area contributed by atoms with Crippen LogP contribution in [-0.4, -0.2) is 33.2 Å². The van der Waals surface area contributed by atoms with Gasteiger partial charge in [0.25, 0.3) is 10.1 Å². The van der Waals surface area contributed by atoms with Crippen molar-refractivity contribution < 1.29 is 23.2 Å². The summed E-state index contributed by atoms with van der Waals surface area (Å²) in [5.74, 6) is -0.279. The third kappa shape index (κ3) is 2.04. The first-order chi connectivity index (χ1) is 11.4. The number of para-hydroxylation sites is 1. The highest BCUT2D eigenvalue weighted by Crippen LogP contribution is 2.43. The van der Waals surface area contributed by atoms with Crippen molar-refractivity contribution >= 4 is 31.9 Å². The van der Waals surface area contributed by atoms with E-state index in [9.17, 15) is 23.2 Å². The fraction of sp³-hybridized carbons (Fsp3) is 0.